The molecular weight excluding hydrogens is 370 g/mol. The molecule has 3 aromatic rings. The molecule has 1 saturated carbocycles. The van der Waals surface area contributed by atoms with Gasteiger partial charge in [-0.1, -0.05) is 91.0 Å². The van der Waals surface area contributed by atoms with Crippen LogP contribution in [-0.2, 0) is 10.3 Å². The Balaban J connectivity index is 1.52. The zero-order chi connectivity index (χ0) is 20.4. The molecule has 30 heavy (non-hydrogen) atoms. The van der Waals surface area contributed by atoms with E-state index in [2.05, 4.69) is 12.1 Å². The zero-order valence-electron chi connectivity index (χ0n) is 16.5. The van der Waals surface area contributed by atoms with Gasteiger partial charge in [-0.3, -0.25) is 0 Å². The van der Waals surface area contributed by atoms with Gasteiger partial charge in [-0.2, -0.15) is 0 Å². The fourth-order valence-electron chi connectivity index (χ4n) is 4.13. The van der Waals surface area contributed by atoms with Crippen LogP contribution in [0.5, 0.6) is 0 Å². The summed E-state index contributed by atoms with van der Waals surface area (Å²) in [6.45, 7) is 0.499. The number of hydrogen-bond donors (Lipinski definition) is 1. The maximum absolute atomic E-state index is 12.1. The van der Waals surface area contributed by atoms with Gasteiger partial charge in [0.1, 0.15) is 18.2 Å². The molecule has 0 amide bonds. The average Bonchev–Trinajstić information content (AvgIpc) is 3.50. The second-order valence-electron chi connectivity index (χ2n) is 7.47. The second kappa shape index (κ2) is 8.08. The van der Waals surface area contributed by atoms with Crippen LogP contribution in [0, 0.1) is 31.1 Å². The first kappa shape index (κ1) is 19.1. The molecule has 1 atom stereocenters. The van der Waals surface area contributed by atoms with Crippen LogP contribution in [-0.4, -0.2) is 17.6 Å². The summed E-state index contributed by atoms with van der Waals surface area (Å²) in [5.74, 6) is 2.17. The van der Waals surface area contributed by atoms with Gasteiger partial charge in [0.05, 0.1) is 5.92 Å². The lowest BCUT2D eigenvalue weighted by atomic mass is 9.71. The van der Waals surface area contributed by atoms with E-state index in [1.165, 1.54) is 0 Å². The summed E-state index contributed by atoms with van der Waals surface area (Å²) >= 11 is 0. The summed E-state index contributed by atoms with van der Waals surface area (Å²) in [6, 6.07) is 29.6. The maximum atomic E-state index is 12.1. The van der Waals surface area contributed by atoms with Gasteiger partial charge in [0, 0.05) is 5.92 Å². The summed E-state index contributed by atoms with van der Waals surface area (Å²) in [4.78, 5) is 4.85. The van der Waals surface area contributed by atoms with Crippen molar-refractivity contribution in [3.05, 3.63) is 139 Å². The highest BCUT2D eigenvalue weighted by atomic mass is 16.5. The van der Waals surface area contributed by atoms with Gasteiger partial charge in [-0.25, -0.2) is 4.99 Å². The van der Waals surface area contributed by atoms with E-state index in [4.69, 9.17) is 9.73 Å². The predicted molar refractivity (Wildman–Crippen MR) is 118 cm³/mol. The summed E-state index contributed by atoms with van der Waals surface area (Å²) in [5, 5.41) is 12.1. The normalized spacial score (nSPS) is 20.2. The summed E-state index contributed by atoms with van der Waals surface area (Å²) in [5.41, 5.74) is 1.43. The van der Waals surface area contributed by atoms with Crippen LogP contribution in [0.4, 0.5) is 0 Å². The minimum atomic E-state index is -1.31. The van der Waals surface area contributed by atoms with E-state index in [1.54, 1.807) is 0 Å². The number of benzene rings is 3. The molecule has 0 saturated heterocycles. The number of nitrogens with zero attached hydrogens (tertiary/aromatic N) is 1. The van der Waals surface area contributed by atoms with Crippen molar-refractivity contribution in [1.29, 1.82) is 0 Å². The van der Waals surface area contributed by atoms with Crippen LogP contribution in [0.2, 0.25) is 0 Å². The Kier molecular flexibility index (Phi) is 5.14. The molecule has 0 aromatic heterocycles. The van der Waals surface area contributed by atoms with Gasteiger partial charge < -0.3 is 9.84 Å². The van der Waals surface area contributed by atoms with E-state index in [-0.39, 0.29) is 6.04 Å². The van der Waals surface area contributed by atoms with E-state index < -0.39 is 5.60 Å². The topological polar surface area (TPSA) is 41.8 Å². The Morgan fingerprint density at radius 2 is 1.33 bits per heavy atom. The molecule has 1 aliphatic carbocycles. The van der Waals surface area contributed by atoms with Crippen LogP contribution < -0.4 is 0 Å². The minimum absolute atomic E-state index is 0.0366. The molecule has 0 spiro atoms. The molecule has 3 aromatic carbocycles. The molecule has 1 N–H and O–H groups in total. The van der Waals surface area contributed by atoms with Crippen molar-refractivity contribution in [2.75, 3.05) is 6.61 Å². The molecule has 3 heteroatoms. The lowest BCUT2D eigenvalue weighted by molar-refractivity contribution is 0.102. The van der Waals surface area contributed by atoms with Crippen molar-refractivity contribution in [2.45, 2.75) is 11.6 Å². The van der Waals surface area contributed by atoms with Crippen LogP contribution in [0.1, 0.15) is 22.7 Å². The zero-order valence-corrected chi connectivity index (χ0v) is 16.5. The molecular formula is C27H22NO2. The predicted octanol–water partition coefficient (Wildman–Crippen LogP) is 4.87. The first-order valence-corrected chi connectivity index (χ1v) is 10.1. The average molecular weight is 392 g/mol. The second-order valence-corrected chi connectivity index (χ2v) is 7.47. The summed E-state index contributed by atoms with van der Waals surface area (Å²) in [7, 11) is 0. The van der Waals surface area contributed by atoms with Crippen molar-refractivity contribution >= 4 is 5.90 Å². The van der Waals surface area contributed by atoms with Crippen LogP contribution in [0.25, 0.3) is 0 Å². The molecule has 2 aliphatic rings. The highest BCUT2D eigenvalue weighted by Gasteiger charge is 2.50. The minimum Gasteiger partial charge on any atom is -0.478 e. The molecule has 1 fully saturated rings. The number of ether oxygens (including phenoxy) is 1. The fourth-order valence-corrected chi connectivity index (χ4v) is 4.13. The van der Waals surface area contributed by atoms with Gasteiger partial charge in [0.15, 0.2) is 5.90 Å². The SMILES string of the molecule is OC([C]1[CH][CH][CH][C]1C1=N[C@H](c2ccccc2)CO1)(c1ccccc1)c1ccccc1. The third-order valence-electron chi connectivity index (χ3n) is 5.65. The highest BCUT2D eigenvalue weighted by Crippen LogP contribution is 2.50. The highest BCUT2D eigenvalue weighted by molar-refractivity contribution is 5.99. The lowest BCUT2D eigenvalue weighted by Gasteiger charge is -2.37. The van der Waals surface area contributed by atoms with Crippen LogP contribution in [0.15, 0.2) is 96.0 Å². The van der Waals surface area contributed by atoms with Crippen molar-refractivity contribution in [3.8, 4) is 0 Å². The Morgan fingerprint density at radius 3 is 1.93 bits per heavy atom. The molecule has 0 bridgehead atoms. The summed E-state index contributed by atoms with van der Waals surface area (Å²) < 4.78 is 6.01. The number of rotatable bonds is 5. The van der Waals surface area contributed by atoms with Gasteiger partial charge in [0.2, 0.25) is 0 Å². The molecule has 0 unspecified atom stereocenters. The quantitative estimate of drug-likeness (QED) is 0.673. The number of aliphatic hydroxyl groups is 1. The maximum Gasteiger partial charge on any atom is 0.192 e. The first-order chi connectivity index (χ1) is 14.8. The Morgan fingerprint density at radius 1 is 0.767 bits per heavy atom. The Bertz CT molecular complexity index is 961. The van der Waals surface area contributed by atoms with E-state index in [1.807, 2.05) is 98.1 Å². The summed E-state index contributed by atoms with van der Waals surface area (Å²) in [6.07, 6.45) is 5.87. The van der Waals surface area contributed by atoms with Crippen molar-refractivity contribution in [2.24, 2.45) is 4.99 Å². The molecule has 1 aliphatic heterocycles. The number of aliphatic imine (C=N–C) groups is 1. The van der Waals surface area contributed by atoms with Crippen molar-refractivity contribution in [1.82, 2.24) is 0 Å². The Labute approximate surface area is 178 Å². The molecule has 1 heterocycles. The van der Waals surface area contributed by atoms with Gasteiger partial charge >= 0.3 is 0 Å². The third-order valence-corrected chi connectivity index (χ3v) is 5.65. The van der Waals surface area contributed by atoms with E-state index in [0.717, 1.165) is 28.5 Å². The molecule has 5 rings (SSSR count). The standard InChI is InChI=1S/C27H22NO2/c29-27(21-13-6-2-7-14-21,22-15-8-3-9-16-22)24-18-10-17-23(24)26-28-25(19-30-26)20-11-4-1-5-12-20/h1-18,25,29H,19H2/t25-/m0/s1. The smallest absolute Gasteiger partial charge is 0.192 e. The van der Waals surface area contributed by atoms with Crippen molar-refractivity contribution in [3.63, 3.8) is 0 Å². The fraction of sp³-hybridized carbons (Fsp3) is 0.111. The van der Waals surface area contributed by atoms with Gasteiger partial charge in [-0.15, -0.1) is 0 Å². The van der Waals surface area contributed by atoms with Gasteiger partial charge in [-0.05, 0) is 36.0 Å². The first-order valence-electron chi connectivity index (χ1n) is 10.1. The van der Waals surface area contributed by atoms with Crippen molar-refractivity contribution < 1.29 is 9.84 Å². The monoisotopic (exact) mass is 392 g/mol. The molecule has 147 valence electrons. The van der Waals surface area contributed by atoms with E-state index in [0.29, 0.717) is 12.5 Å². The van der Waals surface area contributed by atoms with Gasteiger partial charge in [0.25, 0.3) is 0 Å². The van der Waals surface area contributed by atoms with E-state index >= 15 is 0 Å². The van der Waals surface area contributed by atoms with Crippen LogP contribution >= 0.6 is 0 Å². The Hall–Kier alpha value is -2.91. The molecule has 5 radical (unpaired) electrons. The largest absolute Gasteiger partial charge is 0.478 e. The number of hydrogen-bond acceptors (Lipinski definition) is 3. The van der Waals surface area contributed by atoms with E-state index in [9.17, 15) is 5.11 Å². The third kappa shape index (κ3) is 3.33. The lowest BCUT2D eigenvalue weighted by Crippen LogP contribution is -2.38. The van der Waals surface area contributed by atoms with Crippen LogP contribution in [0.3, 0.4) is 0 Å². The molecule has 3 nitrogen and oxygen atoms in total.